The van der Waals surface area contributed by atoms with E-state index in [9.17, 15) is 25.6 Å². The molecule has 2 heterocycles. The zero-order chi connectivity index (χ0) is 34.3. The van der Waals surface area contributed by atoms with E-state index >= 15 is 0 Å². The molecule has 2 aliphatic rings. The van der Waals surface area contributed by atoms with Crippen molar-refractivity contribution >= 4 is 43.3 Å². The first-order chi connectivity index (χ1) is 22.9. The fourth-order valence-electron chi connectivity index (χ4n) is 4.25. The second-order valence-corrected chi connectivity index (χ2v) is 15.5. The van der Waals surface area contributed by atoms with Crippen LogP contribution < -0.4 is 9.44 Å². The zero-order valence-electron chi connectivity index (χ0n) is 26.0. The van der Waals surface area contributed by atoms with Crippen molar-refractivity contribution < 1.29 is 35.1 Å². The summed E-state index contributed by atoms with van der Waals surface area (Å²) in [7, 11) is -7.95. The second-order valence-electron chi connectivity index (χ2n) is 11.7. The molecule has 0 radical (unpaired) electrons. The lowest BCUT2D eigenvalue weighted by Gasteiger charge is -2.09. The molecule has 256 valence electrons. The lowest BCUT2D eigenvalue weighted by atomic mass is 10.2. The standard InChI is InChI=1S/C17H19ClN2O3S.C16H16F2N2O3S/c1-12-8-15(5-6-16(12)18)24(21,22)20-17-7-4-14(9-19-17)11-23-10-13-2-3-13;17-13-4-5-14(18)15(7-13)24(21,22)20-16-6-3-12(8-19-16)10-23-9-11-1-2-11/h4-9,13H,2-3,10-11H2,1H3,(H,19,20);3-8,11H,1-2,9-10H2,(H,19,20). The molecule has 0 aliphatic heterocycles. The summed E-state index contributed by atoms with van der Waals surface area (Å²) in [5.41, 5.74) is 2.42. The van der Waals surface area contributed by atoms with E-state index in [1.54, 1.807) is 31.3 Å². The Kier molecular flexibility index (Phi) is 11.6. The third-order valence-corrected chi connectivity index (χ3v) is 10.5. The molecule has 2 fully saturated rings. The Labute approximate surface area is 284 Å². The number of nitrogens with one attached hydrogen (secondary N) is 2. The molecule has 48 heavy (non-hydrogen) atoms. The minimum Gasteiger partial charge on any atom is -0.376 e. The van der Waals surface area contributed by atoms with Crippen molar-refractivity contribution in [3.8, 4) is 0 Å². The second kappa shape index (κ2) is 15.7. The van der Waals surface area contributed by atoms with E-state index < -0.39 is 36.6 Å². The van der Waals surface area contributed by atoms with Crippen molar-refractivity contribution in [2.75, 3.05) is 22.7 Å². The molecule has 2 N–H and O–H groups in total. The van der Waals surface area contributed by atoms with Gasteiger partial charge in [0, 0.05) is 30.6 Å². The summed E-state index contributed by atoms with van der Waals surface area (Å²) in [6.45, 7) is 4.15. The first-order valence-corrected chi connectivity index (χ1v) is 18.5. The Bertz CT molecular complexity index is 1920. The van der Waals surface area contributed by atoms with Crippen LogP contribution >= 0.6 is 11.6 Å². The number of halogens is 3. The Balaban J connectivity index is 0.000000188. The molecule has 0 unspecified atom stereocenters. The van der Waals surface area contributed by atoms with Crippen molar-refractivity contribution in [1.29, 1.82) is 0 Å². The largest absolute Gasteiger partial charge is 0.376 e. The van der Waals surface area contributed by atoms with Gasteiger partial charge in [-0.05, 0) is 110 Å². The van der Waals surface area contributed by atoms with Crippen LogP contribution in [0.1, 0.15) is 42.4 Å². The predicted molar refractivity (Wildman–Crippen MR) is 177 cm³/mol. The van der Waals surface area contributed by atoms with E-state index in [1.807, 2.05) is 6.07 Å². The number of hydrogen-bond acceptors (Lipinski definition) is 8. The van der Waals surface area contributed by atoms with Crippen molar-refractivity contribution in [3.63, 3.8) is 0 Å². The molecule has 10 nitrogen and oxygen atoms in total. The number of sulfonamides is 2. The molecule has 15 heteroatoms. The molecule has 2 aliphatic carbocycles. The lowest BCUT2D eigenvalue weighted by Crippen LogP contribution is -2.15. The number of nitrogens with zero attached hydrogens (tertiary/aromatic N) is 2. The van der Waals surface area contributed by atoms with Gasteiger partial charge in [-0.2, -0.15) is 0 Å². The van der Waals surface area contributed by atoms with Gasteiger partial charge in [0.2, 0.25) is 0 Å². The summed E-state index contributed by atoms with van der Waals surface area (Å²) < 4.78 is 91.5. The van der Waals surface area contributed by atoms with Gasteiger partial charge in [0.25, 0.3) is 20.0 Å². The topological polar surface area (TPSA) is 137 Å². The first kappa shape index (κ1) is 35.6. The van der Waals surface area contributed by atoms with Gasteiger partial charge in [0.05, 0.1) is 18.1 Å². The van der Waals surface area contributed by atoms with Crippen LogP contribution in [-0.4, -0.2) is 40.0 Å². The summed E-state index contributed by atoms with van der Waals surface area (Å²) >= 11 is 5.93. The summed E-state index contributed by atoms with van der Waals surface area (Å²) in [5, 5.41) is 0.530. The fraction of sp³-hybridized carbons (Fsp3) is 0.333. The van der Waals surface area contributed by atoms with Crippen molar-refractivity contribution in [3.05, 3.63) is 106 Å². The van der Waals surface area contributed by atoms with Crippen LogP contribution in [0, 0.1) is 30.4 Å². The Morgan fingerprint density at radius 3 is 1.77 bits per heavy atom. The summed E-state index contributed by atoms with van der Waals surface area (Å²) in [6, 6.07) is 13.4. The van der Waals surface area contributed by atoms with Crippen LogP contribution in [0.2, 0.25) is 5.02 Å². The molecule has 0 atom stereocenters. The third kappa shape index (κ3) is 10.7. The highest BCUT2D eigenvalue weighted by Crippen LogP contribution is 2.30. The Morgan fingerprint density at radius 1 is 0.750 bits per heavy atom. The zero-order valence-corrected chi connectivity index (χ0v) is 28.4. The van der Waals surface area contributed by atoms with Gasteiger partial charge in [-0.15, -0.1) is 0 Å². The maximum Gasteiger partial charge on any atom is 0.266 e. The van der Waals surface area contributed by atoms with Crippen LogP contribution in [-0.2, 0) is 42.7 Å². The van der Waals surface area contributed by atoms with Gasteiger partial charge < -0.3 is 9.47 Å². The first-order valence-electron chi connectivity index (χ1n) is 15.2. The van der Waals surface area contributed by atoms with E-state index in [2.05, 4.69) is 19.4 Å². The molecule has 2 aromatic carbocycles. The molecule has 6 rings (SSSR count). The van der Waals surface area contributed by atoms with Gasteiger partial charge in [-0.3, -0.25) is 9.44 Å². The predicted octanol–water partition coefficient (Wildman–Crippen LogP) is 6.86. The van der Waals surface area contributed by atoms with E-state index in [0.29, 0.717) is 48.3 Å². The maximum atomic E-state index is 13.6. The SMILES string of the molecule is Cc1cc(S(=O)(=O)Nc2ccc(COCC3CC3)cn2)ccc1Cl.O=S(=O)(Nc1ccc(COCC2CC2)cn1)c1cc(F)ccc1F. The van der Waals surface area contributed by atoms with Gasteiger partial charge in [0.1, 0.15) is 28.2 Å². The number of anilines is 2. The molecule has 0 saturated heterocycles. The number of hydrogen-bond donors (Lipinski definition) is 2. The highest BCUT2D eigenvalue weighted by Gasteiger charge is 2.23. The average molecular weight is 721 g/mol. The minimum atomic E-state index is -4.26. The lowest BCUT2D eigenvalue weighted by molar-refractivity contribution is 0.111. The van der Waals surface area contributed by atoms with Gasteiger partial charge >= 0.3 is 0 Å². The van der Waals surface area contributed by atoms with E-state index in [0.717, 1.165) is 29.9 Å². The van der Waals surface area contributed by atoms with E-state index in [1.165, 1.54) is 50.1 Å². The van der Waals surface area contributed by atoms with Gasteiger partial charge in [-0.25, -0.2) is 35.6 Å². The van der Waals surface area contributed by atoms with Crippen LogP contribution in [0.5, 0.6) is 0 Å². The van der Waals surface area contributed by atoms with Crippen molar-refractivity contribution in [2.24, 2.45) is 11.8 Å². The highest BCUT2D eigenvalue weighted by molar-refractivity contribution is 7.93. The summed E-state index contributed by atoms with van der Waals surface area (Å²) in [6.07, 6.45) is 8.02. The van der Waals surface area contributed by atoms with Crippen LogP contribution in [0.25, 0.3) is 0 Å². The molecule has 4 aromatic rings. The minimum absolute atomic E-state index is 0.0182. The Morgan fingerprint density at radius 2 is 1.29 bits per heavy atom. The fourth-order valence-corrected chi connectivity index (χ4v) is 6.56. The number of rotatable bonds is 14. The molecular weight excluding hydrogens is 686 g/mol. The molecular formula is C33H35ClF2N4O6S2. The molecule has 2 aromatic heterocycles. The average Bonchev–Trinajstić information content (AvgIpc) is 3.98. The summed E-state index contributed by atoms with van der Waals surface area (Å²) in [4.78, 5) is 7.51. The monoisotopic (exact) mass is 720 g/mol. The number of aryl methyl sites for hydroxylation is 1. The molecule has 2 saturated carbocycles. The molecule has 0 bridgehead atoms. The number of aromatic nitrogens is 2. The van der Waals surface area contributed by atoms with Crippen molar-refractivity contribution in [1.82, 2.24) is 9.97 Å². The maximum absolute atomic E-state index is 13.6. The third-order valence-electron chi connectivity index (χ3n) is 7.39. The molecule has 0 spiro atoms. The van der Waals surface area contributed by atoms with Crippen LogP contribution in [0.15, 0.2) is 82.8 Å². The van der Waals surface area contributed by atoms with Gasteiger partial charge in [0.15, 0.2) is 0 Å². The van der Waals surface area contributed by atoms with E-state index in [-0.39, 0.29) is 16.5 Å². The highest BCUT2D eigenvalue weighted by atomic mass is 35.5. The normalized spacial score (nSPS) is 14.6. The van der Waals surface area contributed by atoms with Crippen LogP contribution in [0.4, 0.5) is 20.4 Å². The van der Waals surface area contributed by atoms with E-state index in [4.69, 9.17) is 21.1 Å². The Hall–Kier alpha value is -3.69. The van der Waals surface area contributed by atoms with Crippen LogP contribution in [0.3, 0.4) is 0 Å². The number of pyridine rings is 2. The summed E-state index contributed by atoms with van der Waals surface area (Å²) in [5.74, 6) is -0.211. The number of benzene rings is 2. The number of ether oxygens (including phenoxy) is 2. The van der Waals surface area contributed by atoms with Crippen molar-refractivity contribution in [2.45, 2.75) is 55.6 Å². The quantitative estimate of drug-likeness (QED) is 0.144. The molecule has 0 amide bonds. The van der Waals surface area contributed by atoms with Gasteiger partial charge in [-0.1, -0.05) is 23.7 Å². The smallest absolute Gasteiger partial charge is 0.266 e.